The summed E-state index contributed by atoms with van der Waals surface area (Å²) in [4.78, 5) is 11.2. The van der Waals surface area contributed by atoms with Gasteiger partial charge in [-0.2, -0.15) is 4.98 Å². The molecule has 0 saturated heterocycles. The monoisotopic (exact) mass is 327 g/mol. The average molecular weight is 327 g/mol. The van der Waals surface area contributed by atoms with Gasteiger partial charge in [0.05, 0.1) is 5.69 Å². The van der Waals surface area contributed by atoms with Crippen molar-refractivity contribution in [1.82, 2.24) is 9.97 Å². The topological polar surface area (TPSA) is 90.3 Å². The van der Waals surface area contributed by atoms with Crippen LogP contribution in [-0.4, -0.2) is 35.7 Å². The zero-order valence-corrected chi connectivity index (χ0v) is 14.5. The molecule has 3 rings (SSSR count). The van der Waals surface area contributed by atoms with Gasteiger partial charge in [-0.05, 0) is 38.0 Å². The Morgan fingerprint density at radius 3 is 2.62 bits per heavy atom. The lowest BCUT2D eigenvalue weighted by Crippen LogP contribution is -2.25. The molecule has 1 aliphatic heterocycles. The van der Waals surface area contributed by atoms with Crippen LogP contribution in [0.15, 0.2) is 18.2 Å². The smallest absolute Gasteiger partial charge is 0.227 e. The molecule has 0 radical (unpaired) electrons. The number of anilines is 2. The fourth-order valence-corrected chi connectivity index (χ4v) is 3.15. The third-order valence-corrected chi connectivity index (χ3v) is 4.36. The predicted molar refractivity (Wildman–Crippen MR) is 97.4 cm³/mol. The SMILES string of the molecule is CCN(CC)c1nc(N)cc(-c2cc(C)cc3c2OC(CN)C3)n1. The van der Waals surface area contributed by atoms with Crippen LogP contribution in [0.1, 0.15) is 25.0 Å². The molecular weight excluding hydrogens is 302 g/mol. The van der Waals surface area contributed by atoms with Crippen LogP contribution >= 0.6 is 0 Å². The summed E-state index contributed by atoms with van der Waals surface area (Å²) in [5.74, 6) is 1.99. The number of nitrogen functional groups attached to an aromatic ring is 1. The van der Waals surface area contributed by atoms with Crippen LogP contribution in [0.25, 0.3) is 11.3 Å². The van der Waals surface area contributed by atoms with Crippen LogP contribution in [0.4, 0.5) is 11.8 Å². The molecule has 0 saturated carbocycles. The maximum absolute atomic E-state index is 6.05. The standard InChI is InChI=1S/C18H25N5O/c1-4-23(5-2)18-21-15(9-16(20)22-18)14-7-11(3)6-12-8-13(10-19)24-17(12)14/h6-7,9,13H,4-5,8,10,19H2,1-3H3,(H2,20,21,22). The second kappa shape index (κ2) is 6.65. The van der Waals surface area contributed by atoms with Crippen molar-refractivity contribution in [3.63, 3.8) is 0 Å². The molecule has 1 unspecified atom stereocenters. The van der Waals surface area contributed by atoms with Gasteiger partial charge in [-0.25, -0.2) is 4.98 Å². The van der Waals surface area contributed by atoms with Crippen LogP contribution in [0.2, 0.25) is 0 Å². The van der Waals surface area contributed by atoms with E-state index in [-0.39, 0.29) is 6.10 Å². The minimum Gasteiger partial charge on any atom is -0.488 e. The zero-order valence-electron chi connectivity index (χ0n) is 14.5. The van der Waals surface area contributed by atoms with Gasteiger partial charge in [-0.3, -0.25) is 0 Å². The summed E-state index contributed by atoms with van der Waals surface area (Å²) in [5.41, 5.74) is 15.9. The number of aromatic nitrogens is 2. The lowest BCUT2D eigenvalue weighted by atomic mass is 10.0. The van der Waals surface area contributed by atoms with Gasteiger partial charge in [0.2, 0.25) is 5.95 Å². The molecule has 1 atom stereocenters. The van der Waals surface area contributed by atoms with Gasteiger partial charge in [0.25, 0.3) is 0 Å². The van der Waals surface area contributed by atoms with Gasteiger partial charge in [0.1, 0.15) is 17.7 Å². The highest BCUT2D eigenvalue weighted by atomic mass is 16.5. The Morgan fingerprint density at radius 1 is 1.21 bits per heavy atom. The Hall–Kier alpha value is -2.34. The summed E-state index contributed by atoms with van der Waals surface area (Å²) in [5, 5.41) is 0. The predicted octanol–water partition coefficient (Wildman–Crippen LogP) is 2.14. The van der Waals surface area contributed by atoms with E-state index < -0.39 is 0 Å². The molecule has 1 aromatic heterocycles. The maximum Gasteiger partial charge on any atom is 0.227 e. The summed E-state index contributed by atoms with van der Waals surface area (Å²) >= 11 is 0. The van der Waals surface area contributed by atoms with Gasteiger partial charge in [0.15, 0.2) is 0 Å². The van der Waals surface area contributed by atoms with Gasteiger partial charge in [-0.15, -0.1) is 0 Å². The molecule has 0 spiro atoms. The number of rotatable bonds is 5. The van der Waals surface area contributed by atoms with Gasteiger partial charge in [-0.1, -0.05) is 6.07 Å². The first-order valence-corrected chi connectivity index (χ1v) is 8.45. The second-order valence-electron chi connectivity index (χ2n) is 6.13. The van der Waals surface area contributed by atoms with Crippen molar-refractivity contribution in [3.8, 4) is 17.0 Å². The Labute approximate surface area is 142 Å². The van der Waals surface area contributed by atoms with Gasteiger partial charge < -0.3 is 21.1 Å². The minimum atomic E-state index is 0.0296. The van der Waals surface area contributed by atoms with Crippen molar-refractivity contribution in [2.45, 2.75) is 33.3 Å². The quantitative estimate of drug-likeness (QED) is 0.874. The number of hydrogen-bond acceptors (Lipinski definition) is 6. The average Bonchev–Trinajstić information content (AvgIpc) is 2.97. The third kappa shape index (κ3) is 3.01. The lowest BCUT2D eigenvalue weighted by Gasteiger charge is -2.20. The molecule has 128 valence electrons. The van der Waals surface area contributed by atoms with Crippen LogP contribution in [0.3, 0.4) is 0 Å². The van der Waals surface area contributed by atoms with E-state index in [9.17, 15) is 0 Å². The molecule has 0 fully saturated rings. The fourth-order valence-electron chi connectivity index (χ4n) is 3.15. The van der Waals surface area contributed by atoms with E-state index in [0.29, 0.717) is 18.3 Å². The number of aryl methyl sites for hydroxylation is 1. The van der Waals surface area contributed by atoms with Crippen LogP contribution in [0, 0.1) is 6.92 Å². The first-order chi connectivity index (χ1) is 11.5. The summed E-state index contributed by atoms with van der Waals surface area (Å²) in [6.07, 6.45) is 0.867. The molecule has 0 amide bonds. The molecule has 0 bridgehead atoms. The number of fused-ring (bicyclic) bond motifs is 1. The van der Waals surface area contributed by atoms with Crippen molar-refractivity contribution >= 4 is 11.8 Å². The molecule has 6 nitrogen and oxygen atoms in total. The van der Waals surface area contributed by atoms with Gasteiger partial charge in [0, 0.05) is 37.7 Å². The molecule has 2 heterocycles. The normalized spacial score (nSPS) is 15.9. The van der Waals surface area contributed by atoms with E-state index in [1.165, 1.54) is 11.1 Å². The van der Waals surface area contributed by atoms with Crippen molar-refractivity contribution in [1.29, 1.82) is 0 Å². The Balaban J connectivity index is 2.10. The highest BCUT2D eigenvalue weighted by Gasteiger charge is 2.26. The summed E-state index contributed by atoms with van der Waals surface area (Å²) in [6, 6.07) is 6.05. The largest absolute Gasteiger partial charge is 0.488 e. The number of nitrogens with zero attached hydrogens (tertiary/aromatic N) is 3. The highest BCUT2D eigenvalue weighted by Crippen LogP contribution is 2.39. The summed E-state index contributed by atoms with van der Waals surface area (Å²) in [6.45, 7) is 8.40. The molecule has 2 aromatic rings. The molecule has 1 aliphatic rings. The molecule has 6 heteroatoms. The second-order valence-corrected chi connectivity index (χ2v) is 6.13. The minimum absolute atomic E-state index is 0.0296. The van der Waals surface area contributed by atoms with Crippen molar-refractivity contribution in [2.24, 2.45) is 5.73 Å². The number of hydrogen-bond donors (Lipinski definition) is 2. The first kappa shape index (κ1) is 16.5. The van der Waals surface area contributed by atoms with E-state index in [0.717, 1.165) is 36.5 Å². The molecular formula is C18H25N5O. The number of benzene rings is 1. The van der Waals surface area contributed by atoms with Crippen LogP contribution in [-0.2, 0) is 6.42 Å². The van der Waals surface area contributed by atoms with Crippen molar-refractivity contribution in [3.05, 3.63) is 29.3 Å². The van der Waals surface area contributed by atoms with Crippen molar-refractivity contribution in [2.75, 3.05) is 30.3 Å². The maximum atomic E-state index is 6.05. The highest BCUT2D eigenvalue weighted by molar-refractivity contribution is 5.73. The molecule has 0 aliphatic carbocycles. The molecule has 1 aromatic carbocycles. The molecule has 24 heavy (non-hydrogen) atoms. The van der Waals surface area contributed by atoms with Crippen molar-refractivity contribution < 1.29 is 4.74 Å². The lowest BCUT2D eigenvalue weighted by molar-refractivity contribution is 0.242. The van der Waals surface area contributed by atoms with E-state index in [1.54, 1.807) is 6.07 Å². The van der Waals surface area contributed by atoms with E-state index in [4.69, 9.17) is 21.2 Å². The molecule has 4 N–H and O–H groups in total. The zero-order chi connectivity index (χ0) is 17.3. The fraction of sp³-hybridized carbons (Fsp3) is 0.444. The van der Waals surface area contributed by atoms with Gasteiger partial charge >= 0.3 is 0 Å². The van der Waals surface area contributed by atoms with E-state index >= 15 is 0 Å². The van der Waals surface area contributed by atoms with Crippen LogP contribution in [0.5, 0.6) is 5.75 Å². The Morgan fingerprint density at radius 2 is 1.96 bits per heavy atom. The Kier molecular flexibility index (Phi) is 4.57. The van der Waals surface area contributed by atoms with E-state index in [1.807, 2.05) is 0 Å². The third-order valence-electron chi connectivity index (χ3n) is 4.36. The number of nitrogens with two attached hydrogens (primary N) is 2. The van der Waals surface area contributed by atoms with Crippen LogP contribution < -0.4 is 21.1 Å². The number of ether oxygens (including phenoxy) is 1. The summed E-state index contributed by atoms with van der Waals surface area (Å²) in [7, 11) is 0. The van der Waals surface area contributed by atoms with E-state index in [2.05, 4.69) is 42.8 Å². The Bertz CT molecular complexity index is 742. The summed E-state index contributed by atoms with van der Waals surface area (Å²) < 4.78 is 6.05. The first-order valence-electron chi connectivity index (χ1n) is 8.45.